The number of tetrazole rings is 1. The Balaban J connectivity index is 1.75. The van der Waals surface area contributed by atoms with E-state index >= 15 is 0 Å². The van der Waals surface area contributed by atoms with Crippen LogP contribution < -0.4 is 5.32 Å². The van der Waals surface area contributed by atoms with Crippen molar-refractivity contribution in [2.24, 2.45) is 0 Å². The van der Waals surface area contributed by atoms with Crippen molar-refractivity contribution < 1.29 is 9.32 Å². The highest BCUT2D eigenvalue weighted by atomic mass is 16.5. The molecule has 0 bridgehead atoms. The highest BCUT2D eigenvalue weighted by Crippen LogP contribution is 2.14. The van der Waals surface area contributed by atoms with Crippen molar-refractivity contribution in [3.8, 4) is 0 Å². The number of amides is 1. The van der Waals surface area contributed by atoms with Gasteiger partial charge in [-0.1, -0.05) is 19.0 Å². The maximum atomic E-state index is 11.8. The third-order valence-corrected chi connectivity index (χ3v) is 2.90. The van der Waals surface area contributed by atoms with E-state index in [1.807, 2.05) is 20.8 Å². The Morgan fingerprint density at radius 2 is 2.24 bits per heavy atom. The number of hydrogen-bond acceptors (Lipinski definition) is 7. The third-order valence-electron chi connectivity index (χ3n) is 2.90. The summed E-state index contributed by atoms with van der Waals surface area (Å²) >= 11 is 0. The Morgan fingerprint density at radius 3 is 2.86 bits per heavy atom. The Morgan fingerprint density at radius 1 is 1.43 bits per heavy atom. The lowest BCUT2D eigenvalue weighted by atomic mass is 10.2. The molecule has 9 nitrogen and oxygen atoms in total. The molecule has 0 spiro atoms. The Kier molecular flexibility index (Phi) is 4.96. The van der Waals surface area contributed by atoms with Crippen LogP contribution in [0.25, 0.3) is 0 Å². The van der Waals surface area contributed by atoms with Crippen molar-refractivity contribution in [3.05, 3.63) is 18.0 Å². The molecule has 0 aliphatic heterocycles. The van der Waals surface area contributed by atoms with E-state index in [4.69, 9.17) is 4.52 Å². The standard InChI is InChI=1S/C12H19N7O2/c1-8(2)11-15-12(21-16-11)9(3)14-10(20)5-4-6-19-7-13-17-18-19/h7-9H,4-6H2,1-3H3,(H,14,20). The number of nitrogens with one attached hydrogen (secondary N) is 1. The second-order valence-corrected chi connectivity index (χ2v) is 5.11. The summed E-state index contributed by atoms with van der Waals surface area (Å²) < 4.78 is 6.73. The average Bonchev–Trinajstić information content (AvgIpc) is 3.09. The van der Waals surface area contributed by atoms with Crippen LogP contribution in [-0.2, 0) is 11.3 Å². The van der Waals surface area contributed by atoms with Crippen molar-refractivity contribution in [2.45, 2.75) is 52.1 Å². The van der Waals surface area contributed by atoms with Crippen LogP contribution in [0, 0.1) is 0 Å². The normalized spacial score (nSPS) is 12.6. The zero-order valence-corrected chi connectivity index (χ0v) is 12.4. The van der Waals surface area contributed by atoms with Gasteiger partial charge in [-0.2, -0.15) is 4.98 Å². The highest BCUT2D eigenvalue weighted by Gasteiger charge is 2.17. The average molecular weight is 293 g/mol. The minimum absolute atomic E-state index is 0.0696. The minimum Gasteiger partial charge on any atom is -0.345 e. The molecule has 21 heavy (non-hydrogen) atoms. The monoisotopic (exact) mass is 293 g/mol. The lowest BCUT2D eigenvalue weighted by Crippen LogP contribution is -2.26. The molecule has 2 aromatic rings. The van der Waals surface area contributed by atoms with Gasteiger partial charge in [0.2, 0.25) is 11.8 Å². The summed E-state index contributed by atoms with van der Waals surface area (Å²) in [6.07, 6.45) is 2.56. The van der Waals surface area contributed by atoms with E-state index in [2.05, 4.69) is 31.0 Å². The number of rotatable bonds is 7. The van der Waals surface area contributed by atoms with Crippen LogP contribution in [0.1, 0.15) is 57.3 Å². The van der Waals surface area contributed by atoms with Crippen LogP contribution in [0.3, 0.4) is 0 Å². The summed E-state index contributed by atoms with van der Waals surface area (Å²) in [4.78, 5) is 16.1. The van der Waals surface area contributed by atoms with Crippen molar-refractivity contribution in [1.82, 2.24) is 35.7 Å². The van der Waals surface area contributed by atoms with Gasteiger partial charge in [0.1, 0.15) is 12.4 Å². The van der Waals surface area contributed by atoms with E-state index in [1.165, 1.54) is 6.33 Å². The molecule has 9 heteroatoms. The highest BCUT2D eigenvalue weighted by molar-refractivity contribution is 5.76. The second-order valence-electron chi connectivity index (χ2n) is 5.11. The molecule has 0 aliphatic rings. The molecule has 1 atom stereocenters. The molecule has 0 aromatic carbocycles. The number of nitrogens with zero attached hydrogens (tertiary/aromatic N) is 6. The number of carbonyl (C=O) groups excluding carboxylic acids is 1. The summed E-state index contributed by atoms with van der Waals surface area (Å²) in [6, 6.07) is -0.300. The minimum atomic E-state index is -0.300. The summed E-state index contributed by atoms with van der Waals surface area (Å²) in [5.74, 6) is 1.19. The van der Waals surface area contributed by atoms with Crippen molar-refractivity contribution >= 4 is 5.91 Å². The van der Waals surface area contributed by atoms with Crippen LogP contribution in [0.5, 0.6) is 0 Å². The second kappa shape index (κ2) is 6.91. The van der Waals surface area contributed by atoms with Crippen LogP contribution >= 0.6 is 0 Å². The van der Waals surface area contributed by atoms with Crippen LogP contribution in [0.2, 0.25) is 0 Å². The Hall–Kier alpha value is -2.32. The SMILES string of the molecule is CC(C)c1noc(C(C)NC(=O)CCCn2cnnn2)n1. The quantitative estimate of drug-likeness (QED) is 0.804. The fourth-order valence-electron chi connectivity index (χ4n) is 1.72. The number of carbonyl (C=O) groups is 1. The number of aryl methyl sites for hydroxylation is 1. The molecule has 114 valence electrons. The van der Waals surface area contributed by atoms with Gasteiger partial charge in [-0.3, -0.25) is 4.79 Å². The van der Waals surface area contributed by atoms with Crippen LogP contribution in [-0.4, -0.2) is 36.3 Å². The molecular formula is C12H19N7O2. The van der Waals surface area contributed by atoms with Gasteiger partial charge in [-0.05, 0) is 23.8 Å². The molecule has 0 saturated heterocycles. The van der Waals surface area contributed by atoms with Gasteiger partial charge in [-0.25, -0.2) is 4.68 Å². The fourth-order valence-corrected chi connectivity index (χ4v) is 1.72. The van der Waals surface area contributed by atoms with E-state index in [0.29, 0.717) is 31.1 Å². The smallest absolute Gasteiger partial charge is 0.248 e. The molecule has 0 aliphatic carbocycles. The van der Waals surface area contributed by atoms with Gasteiger partial charge < -0.3 is 9.84 Å². The number of aromatic nitrogens is 6. The fraction of sp³-hybridized carbons (Fsp3) is 0.667. The van der Waals surface area contributed by atoms with Gasteiger partial charge in [0.05, 0.1) is 0 Å². The van der Waals surface area contributed by atoms with E-state index < -0.39 is 0 Å². The lowest BCUT2D eigenvalue weighted by Gasteiger charge is -2.09. The molecule has 1 unspecified atom stereocenters. The summed E-state index contributed by atoms with van der Waals surface area (Å²) in [7, 11) is 0. The summed E-state index contributed by atoms with van der Waals surface area (Å²) in [6.45, 7) is 6.39. The molecule has 0 saturated carbocycles. The van der Waals surface area contributed by atoms with Crippen molar-refractivity contribution in [2.75, 3.05) is 0 Å². The van der Waals surface area contributed by atoms with Crippen molar-refractivity contribution in [3.63, 3.8) is 0 Å². The summed E-state index contributed by atoms with van der Waals surface area (Å²) in [5, 5.41) is 17.5. The van der Waals surface area contributed by atoms with Gasteiger partial charge in [-0.15, -0.1) is 5.10 Å². The molecule has 2 heterocycles. The number of hydrogen-bond donors (Lipinski definition) is 1. The largest absolute Gasteiger partial charge is 0.345 e. The van der Waals surface area contributed by atoms with Crippen LogP contribution in [0.4, 0.5) is 0 Å². The predicted octanol–water partition coefficient (Wildman–Crippen LogP) is 0.837. The predicted molar refractivity (Wildman–Crippen MR) is 72.0 cm³/mol. The molecule has 2 aromatic heterocycles. The van der Waals surface area contributed by atoms with Crippen LogP contribution in [0.15, 0.2) is 10.9 Å². The van der Waals surface area contributed by atoms with Gasteiger partial charge in [0.15, 0.2) is 5.82 Å². The molecule has 0 radical (unpaired) electrons. The first-order chi connectivity index (χ1) is 10.1. The first-order valence-electron chi connectivity index (χ1n) is 6.90. The zero-order valence-electron chi connectivity index (χ0n) is 12.4. The first kappa shape index (κ1) is 15.1. The molecule has 1 N–H and O–H groups in total. The topological polar surface area (TPSA) is 112 Å². The Labute approximate surface area is 122 Å². The van der Waals surface area contributed by atoms with Gasteiger partial charge in [0, 0.05) is 18.9 Å². The van der Waals surface area contributed by atoms with E-state index in [-0.39, 0.29) is 17.9 Å². The molecule has 0 fully saturated rings. The third kappa shape index (κ3) is 4.33. The van der Waals surface area contributed by atoms with Gasteiger partial charge in [0.25, 0.3) is 0 Å². The first-order valence-corrected chi connectivity index (χ1v) is 6.90. The van der Waals surface area contributed by atoms with Crippen molar-refractivity contribution in [1.29, 1.82) is 0 Å². The van der Waals surface area contributed by atoms with Gasteiger partial charge >= 0.3 is 0 Å². The lowest BCUT2D eigenvalue weighted by molar-refractivity contribution is -0.122. The molecule has 2 rings (SSSR count). The molecule has 1 amide bonds. The van der Waals surface area contributed by atoms with E-state index in [0.717, 1.165) is 0 Å². The molecular weight excluding hydrogens is 274 g/mol. The van der Waals surface area contributed by atoms with E-state index in [9.17, 15) is 4.79 Å². The van der Waals surface area contributed by atoms with E-state index in [1.54, 1.807) is 4.68 Å². The maximum absolute atomic E-state index is 11.8. The zero-order chi connectivity index (χ0) is 15.2. The maximum Gasteiger partial charge on any atom is 0.248 e. The Bertz CT molecular complexity index is 564. The summed E-state index contributed by atoms with van der Waals surface area (Å²) in [5.41, 5.74) is 0.